The van der Waals surface area contributed by atoms with Gasteiger partial charge < -0.3 is 10.8 Å². The van der Waals surface area contributed by atoms with Crippen LogP contribution in [0.15, 0.2) is 41.3 Å². The van der Waals surface area contributed by atoms with E-state index in [1.165, 1.54) is 25.1 Å². The van der Waals surface area contributed by atoms with Gasteiger partial charge in [0.05, 0.1) is 6.61 Å². The minimum atomic E-state index is -4.08. The van der Waals surface area contributed by atoms with Gasteiger partial charge in [0, 0.05) is 11.4 Å². The predicted octanol–water partition coefficient (Wildman–Crippen LogP) is 2.01. The molecule has 0 aliphatic rings. The number of anilines is 2. The monoisotopic (exact) mass is 310 g/mol. The maximum absolute atomic E-state index is 14.0. The summed E-state index contributed by atoms with van der Waals surface area (Å²) >= 11 is 0. The average molecular weight is 310 g/mol. The zero-order valence-electron chi connectivity index (χ0n) is 11.3. The van der Waals surface area contributed by atoms with Gasteiger partial charge in [-0.05, 0) is 42.3 Å². The summed E-state index contributed by atoms with van der Waals surface area (Å²) in [6.45, 7) is 1.30. The third kappa shape index (κ3) is 3.32. The molecule has 0 heterocycles. The summed E-state index contributed by atoms with van der Waals surface area (Å²) in [4.78, 5) is -0.494. The molecular weight excluding hydrogens is 295 g/mol. The number of nitrogens with one attached hydrogen (secondary N) is 1. The molecule has 0 radical (unpaired) electrons. The number of aryl methyl sites for hydroxylation is 1. The normalized spacial score (nSPS) is 11.4. The van der Waals surface area contributed by atoms with Gasteiger partial charge in [-0.3, -0.25) is 4.72 Å². The van der Waals surface area contributed by atoms with E-state index in [9.17, 15) is 12.8 Å². The fourth-order valence-corrected chi connectivity index (χ4v) is 3.09. The molecule has 0 amide bonds. The van der Waals surface area contributed by atoms with E-state index in [0.29, 0.717) is 5.56 Å². The smallest absolute Gasteiger partial charge is 0.264 e. The molecule has 112 valence electrons. The van der Waals surface area contributed by atoms with Gasteiger partial charge in [0.25, 0.3) is 10.0 Å². The number of aliphatic hydroxyl groups is 1. The highest BCUT2D eigenvalue weighted by Gasteiger charge is 2.21. The minimum absolute atomic E-state index is 0.143. The highest BCUT2D eigenvalue weighted by molar-refractivity contribution is 7.92. The summed E-state index contributed by atoms with van der Waals surface area (Å²) in [5.41, 5.74) is 6.81. The predicted molar refractivity (Wildman–Crippen MR) is 78.7 cm³/mol. The van der Waals surface area contributed by atoms with Crippen LogP contribution < -0.4 is 10.5 Å². The first-order chi connectivity index (χ1) is 9.83. The van der Waals surface area contributed by atoms with Gasteiger partial charge in [0.2, 0.25) is 0 Å². The van der Waals surface area contributed by atoms with E-state index in [1.807, 2.05) is 0 Å². The molecule has 0 bridgehead atoms. The standard InChI is InChI=1S/C14H15FN2O3S/c1-9-6-11(16)7-13(14(9)15)21(19,20)17-12-4-2-10(8-18)3-5-12/h2-7,17-18H,8,16H2,1H3. The molecule has 2 aromatic rings. The van der Waals surface area contributed by atoms with Crippen molar-refractivity contribution in [1.82, 2.24) is 0 Å². The zero-order chi connectivity index (χ0) is 15.6. The van der Waals surface area contributed by atoms with Crippen LogP contribution in [0.3, 0.4) is 0 Å². The van der Waals surface area contributed by atoms with Crippen LogP contribution in [0.25, 0.3) is 0 Å². The van der Waals surface area contributed by atoms with Crippen LogP contribution in [-0.4, -0.2) is 13.5 Å². The Morgan fingerprint density at radius 3 is 2.43 bits per heavy atom. The number of hydrogen-bond donors (Lipinski definition) is 3. The van der Waals surface area contributed by atoms with Crippen LogP contribution in [0.4, 0.5) is 15.8 Å². The first kappa shape index (κ1) is 15.3. The topological polar surface area (TPSA) is 92.4 Å². The van der Waals surface area contributed by atoms with Crippen molar-refractivity contribution in [2.75, 3.05) is 10.5 Å². The molecule has 0 fully saturated rings. The Morgan fingerprint density at radius 2 is 1.86 bits per heavy atom. The lowest BCUT2D eigenvalue weighted by molar-refractivity contribution is 0.282. The molecule has 0 spiro atoms. The summed E-state index contributed by atoms with van der Waals surface area (Å²) in [7, 11) is -4.08. The molecular formula is C14H15FN2O3S. The van der Waals surface area contributed by atoms with Crippen LogP contribution >= 0.6 is 0 Å². The molecule has 2 rings (SSSR count). The van der Waals surface area contributed by atoms with E-state index < -0.39 is 20.7 Å². The Balaban J connectivity index is 2.38. The molecule has 0 atom stereocenters. The van der Waals surface area contributed by atoms with Crippen LogP contribution in [0, 0.1) is 12.7 Å². The van der Waals surface area contributed by atoms with Crippen molar-refractivity contribution in [1.29, 1.82) is 0 Å². The Labute approximate surface area is 122 Å². The van der Waals surface area contributed by atoms with Crippen LogP contribution in [0.1, 0.15) is 11.1 Å². The van der Waals surface area contributed by atoms with Crippen molar-refractivity contribution < 1.29 is 17.9 Å². The number of sulfonamides is 1. The molecule has 0 saturated carbocycles. The lowest BCUT2D eigenvalue weighted by atomic mass is 10.2. The molecule has 0 unspecified atom stereocenters. The lowest BCUT2D eigenvalue weighted by Crippen LogP contribution is -2.15. The molecule has 5 nitrogen and oxygen atoms in total. The summed E-state index contributed by atoms with van der Waals surface area (Å²) in [6.07, 6.45) is 0. The van der Waals surface area contributed by atoms with E-state index in [-0.39, 0.29) is 23.5 Å². The van der Waals surface area contributed by atoms with Crippen molar-refractivity contribution in [2.45, 2.75) is 18.4 Å². The largest absolute Gasteiger partial charge is 0.399 e. The van der Waals surface area contributed by atoms with Gasteiger partial charge >= 0.3 is 0 Å². The Morgan fingerprint density at radius 1 is 1.24 bits per heavy atom. The molecule has 0 aliphatic heterocycles. The first-order valence-corrected chi connectivity index (χ1v) is 7.60. The van der Waals surface area contributed by atoms with Gasteiger partial charge in [-0.1, -0.05) is 12.1 Å². The maximum Gasteiger partial charge on any atom is 0.264 e. The van der Waals surface area contributed by atoms with Crippen molar-refractivity contribution in [2.24, 2.45) is 0 Å². The van der Waals surface area contributed by atoms with Crippen molar-refractivity contribution in [3.8, 4) is 0 Å². The Bertz CT molecular complexity index is 759. The van der Waals surface area contributed by atoms with E-state index in [2.05, 4.69) is 4.72 Å². The van der Waals surface area contributed by atoms with E-state index >= 15 is 0 Å². The number of benzene rings is 2. The fourth-order valence-electron chi connectivity index (χ4n) is 1.85. The van der Waals surface area contributed by atoms with Gasteiger partial charge in [-0.25, -0.2) is 12.8 Å². The molecule has 0 aromatic heterocycles. The maximum atomic E-state index is 14.0. The minimum Gasteiger partial charge on any atom is -0.399 e. The fraction of sp³-hybridized carbons (Fsp3) is 0.143. The van der Waals surface area contributed by atoms with Crippen LogP contribution in [0.2, 0.25) is 0 Å². The highest BCUT2D eigenvalue weighted by Crippen LogP contribution is 2.24. The molecule has 7 heteroatoms. The van der Waals surface area contributed by atoms with Gasteiger partial charge in [0.1, 0.15) is 10.7 Å². The molecule has 0 aliphatic carbocycles. The number of aliphatic hydroxyl groups excluding tert-OH is 1. The number of halogens is 1. The van der Waals surface area contributed by atoms with Crippen LogP contribution in [-0.2, 0) is 16.6 Å². The van der Waals surface area contributed by atoms with Crippen LogP contribution in [0.5, 0.6) is 0 Å². The second kappa shape index (κ2) is 5.71. The van der Waals surface area contributed by atoms with Crippen molar-refractivity contribution in [3.05, 3.63) is 53.3 Å². The summed E-state index contributed by atoms with van der Waals surface area (Å²) in [5.74, 6) is -0.830. The lowest BCUT2D eigenvalue weighted by Gasteiger charge is -2.11. The molecule has 21 heavy (non-hydrogen) atoms. The van der Waals surface area contributed by atoms with Crippen molar-refractivity contribution in [3.63, 3.8) is 0 Å². The van der Waals surface area contributed by atoms with Gasteiger partial charge in [-0.2, -0.15) is 0 Å². The summed E-state index contributed by atoms with van der Waals surface area (Å²) in [5, 5.41) is 8.93. The van der Waals surface area contributed by atoms with Gasteiger partial charge in [0.15, 0.2) is 0 Å². The third-order valence-electron chi connectivity index (χ3n) is 2.92. The number of rotatable bonds is 4. The number of nitrogen functional groups attached to an aromatic ring is 1. The summed E-state index contributed by atoms with van der Waals surface area (Å²) < 4.78 is 40.7. The second-order valence-corrected chi connectivity index (χ2v) is 6.26. The van der Waals surface area contributed by atoms with Crippen molar-refractivity contribution >= 4 is 21.4 Å². The second-order valence-electron chi connectivity index (χ2n) is 4.61. The van der Waals surface area contributed by atoms with E-state index in [0.717, 1.165) is 6.07 Å². The number of nitrogens with two attached hydrogens (primary N) is 1. The average Bonchev–Trinajstić information content (AvgIpc) is 2.43. The summed E-state index contributed by atoms with van der Waals surface area (Å²) in [6, 6.07) is 8.55. The van der Waals surface area contributed by atoms with Gasteiger partial charge in [-0.15, -0.1) is 0 Å². The highest BCUT2D eigenvalue weighted by atomic mass is 32.2. The Kier molecular flexibility index (Phi) is 4.15. The van der Waals surface area contributed by atoms with E-state index in [4.69, 9.17) is 10.8 Å². The molecule has 4 N–H and O–H groups in total. The quantitative estimate of drug-likeness (QED) is 0.753. The third-order valence-corrected chi connectivity index (χ3v) is 4.30. The Hall–Kier alpha value is -2.12. The SMILES string of the molecule is Cc1cc(N)cc(S(=O)(=O)Nc2ccc(CO)cc2)c1F. The zero-order valence-corrected chi connectivity index (χ0v) is 12.1. The molecule has 2 aromatic carbocycles. The number of hydrogen-bond acceptors (Lipinski definition) is 4. The van der Waals surface area contributed by atoms with E-state index in [1.54, 1.807) is 12.1 Å². The first-order valence-electron chi connectivity index (χ1n) is 6.12. The molecule has 0 saturated heterocycles.